The summed E-state index contributed by atoms with van der Waals surface area (Å²) in [5, 5.41) is 8.47. The first-order valence-electron chi connectivity index (χ1n) is 6.14. The predicted octanol–water partition coefficient (Wildman–Crippen LogP) is 1.86. The Morgan fingerprint density at radius 3 is 2.50 bits per heavy atom. The fourth-order valence-corrected chi connectivity index (χ4v) is 2.50. The van der Waals surface area contributed by atoms with Crippen LogP contribution in [0.5, 0.6) is 0 Å². The monoisotopic (exact) mass is 270 g/mol. The van der Waals surface area contributed by atoms with Gasteiger partial charge in [0.2, 0.25) is 10.0 Å². The number of rotatable bonds is 6. The van der Waals surface area contributed by atoms with Gasteiger partial charge in [-0.25, -0.2) is 13.6 Å². The summed E-state index contributed by atoms with van der Waals surface area (Å²) in [6.45, 7) is 7.14. The number of primary sulfonamides is 1. The SMILES string of the molecule is CC(C)CC(C)NCc1cccc(S(N)(=O)=O)c1. The number of nitrogens with one attached hydrogen (secondary N) is 1. The number of benzene rings is 1. The molecule has 0 saturated carbocycles. The molecule has 1 atom stereocenters. The quantitative estimate of drug-likeness (QED) is 0.828. The van der Waals surface area contributed by atoms with Gasteiger partial charge in [-0.1, -0.05) is 26.0 Å². The minimum Gasteiger partial charge on any atom is -0.310 e. The number of sulfonamides is 1. The molecular weight excluding hydrogens is 248 g/mol. The summed E-state index contributed by atoms with van der Waals surface area (Å²) in [7, 11) is -3.61. The maximum atomic E-state index is 11.2. The third-order valence-electron chi connectivity index (χ3n) is 2.71. The van der Waals surface area contributed by atoms with E-state index in [1.807, 2.05) is 6.07 Å². The fraction of sp³-hybridized carbons (Fsp3) is 0.538. The van der Waals surface area contributed by atoms with Crippen molar-refractivity contribution in [1.82, 2.24) is 5.32 Å². The minimum atomic E-state index is -3.61. The van der Waals surface area contributed by atoms with Crippen molar-refractivity contribution in [1.29, 1.82) is 0 Å². The molecule has 0 spiro atoms. The molecule has 0 fully saturated rings. The summed E-state index contributed by atoms with van der Waals surface area (Å²) in [5.74, 6) is 0.642. The zero-order chi connectivity index (χ0) is 13.8. The smallest absolute Gasteiger partial charge is 0.238 e. The molecule has 18 heavy (non-hydrogen) atoms. The Hall–Kier alpha value is -0.910. The van der Waals surface area contributed by atoms with Gasteiger partial charge in [-0.15, -0.1) is 0 Å². The van der Waals surface area contributed by atoms with Crippen molar-refractivity contribution >= 4 is 10.0 Å². The standard InChI is InChI=1S/C13H22N2O2S/c1-10(2)7-11(3)15-9-12-5-4-6-13(8-12)18(14,16)17/h4-6,8,10-11,15H,7,9H2,1-3H3,(H2,14,16,17). The van der Waals surface area contributed by atoms with Crippen molar-refractivity contribution < 1.29 is 8.42 Å². The van der Waals surface area contributed by atoms with E-state index in [9.17, 15) is 8.42 Å². The average molecular weight is 270 g/mol. The first-order valence-corrected chi connectivity index (χ1v) is 7.69. The van der Waals surface area contributed by atoms with Crippen LogP contribution in [-0.4, -0.2) is 14.5 Å². The Bertz CT molecular complexity index is 484. The molecule has 0 aliphatic heterocycles. The largest absolute Gasteiger partial charge is 0.310 e. The van der Waals surface area contributed by atoms with Crippen LogP contribution in [0.15, 0.2) is 29.2 Å². The van der Waals surface area contributed by atoms with Crippen LogP contribution in [0.4, 0.5) is 0 Å². The number of hydrogen-bond donors (Lipinski definition) is 2. The molecule has 5 heteroatoms. The van der Waals surface area contributed by atoms with Gasteiger partial charge in [-0.05, 0) is 37.0 Å². The lowest BCUT2D eigenvalue weighted by Gasteiger charge is -2.16. The van der Waals surface area contributed by atoms with E-state index in [4.69, 9.17) is 5.14 Å². The maximum absolute atomic E-state index is 11.2. The minimum absolute atomic E-state index is 0.165. The first kappa shape index (κ1) is 15.1. The van der Waals surface area contributed by atoms with Gasteiger partial charge in [-0.3, -0.25) is 0 Å². The zero-order valence-electron chi connectivity index (χ0n) is 11.2. The molecule has 1 aromatic carbocycles. The molecule has 0 amide bonds. The summed E-state index contributed by atoms with van der Waals surface area (Å²) in [6, 6.07) is 7.14. The van der Waals surface area contributed by atoms with Crippen molar-refractivity contribution in [2.45, 2.75) is 44.7 Å². The molecule has 0 aromatic heterocycles. The molecule has 1 unspecified atom stereocenters. The number of nitrogens with two attached hydrogens (primary N) is 1. The highest BCUT2D eigenvalue weighted by Gasteiger charge is 2.09. The second-order valence-electron chi connectivity index (χ2n) is 5.10. The highest BCUT2D eigenvalue weighted by Crippen LogP contribution is 2.10. The normalized spacial score (nSPS) is 13.8. The molecule has 0 saturated heterocycles. The summed E-state index contributed by atoms with van der Waals surface area (Å²) < 4.78 is 22.5. The predicted molar refractivity (Wildman–Crippen MR) is 73.6 cm³/mol. The summed E-state index contributed by atoms with van der Waals surface area (Å²) in [6.07, 6.45) is 1.09. The molecule has 1 rings (SSSR count). The van der Waals surface area contributed by atoms with Crippen LogP contribution in [-0.2, 0) is 16.6 Å². The molecule has 0 radical (unpaired) electrons. The van der Waals surface area contributed by atoms with Crippen LogP contribution in [0.1, 0.15) is 32.8 Å². The van der Waals surface area contributed by atoms with Crippen molar-refractivity contribution in [3.63, 3.8) is 0 Å². The lowest BCUT2D eigenvalue weighted by molar-refractivity contribution is 0.441. The van der Waals surface area contributed by atoms with Crippen LogP contribution < -0.4 is 10.5 Å². The van der Waals surface area contributed by atoms with Crippen LogP contribution in [0.25, 0.3) is 0 Å². The van der Waals surface area contributed by atoms with Gasteiger partial charge in [0.05, 0.1) is 4.90 Å². The van der Waals surface area contributed by atoms with E-state index in [2.05, 4.69) is 26.1 Å². The topological polar surface area (TPSA) is 72.2 Å². The summed E-state index contributed by atoms with van der Waals surface area (Å²) in [5.41, 5.74) is 0.928. The molecule has 0 aliphatic rings. The molecule has 0 bridgehead atoms. The van der Waals surface area contributed by atoms with E-state index in [1.165, 1.54) is 6.07 Å². The zero-order valence-corrected chi connectivity index (χ0v) is 12.0. The molecule has 102 valence electrons. The molecule has 1 aromatic rings. The third kappa shape index (κ3) is 5.16. The maximum Gasteiger partial charge on any atom is 0.238 e. The second kappa shape index (κ2) is 6.31. The average Bonchev–Trinajstić information content (AvgIpc) is 2.25. The molecule has 4 nitrogen and oxygen atoms in total. The summed E-state index contributed by atoms with van der Waals surface area (Å²) >= 11 is 0. The van der Waals surface area contributed by atoms with Gasteiger partial charge in [0, 0.05) is 12.6 Å². The van der Waals surface area contributed by atoms with Crippen LogP contribution in [0, 0.1) is 5.92 Å². The highest BCUT2D eigenvalue weighted by molar-refractivity contribution is 7.89. The van der Waals surface area contributed by atoms with Gasteiger partial charge in [0.25, 0.3) is 0 Å². The van der Waals surface area contributed by atoms with E-state index in [1.54, 1.807) is 12.1 Å². The van der Waals surface area contributed by atoms with Gasteiger partial charge < -0.3 is 5.32 Å². The highest BCUT2D eigenvalue weighted by atomic mass is 32.2. The van der Waals surface area contributed by atoms with E-state index in [0.29, 0.717) is 18.5 Å². The van der Waals surface area contributed by atoms with Crippen LogP contribution in [0.3, 0.4) is 0 Å². The van der Waals surface area contributed by atoms with E-state index in [0.717, 1.165) is 12.0 Å². The molecular formula is C13H22N2O2S. The Morgan fingerprint density at radius 2 is 1.94 bits per heavy atom. The third-order valence-corrected chi connectivity index (χ3v) is 3.62. The van der Waals surface area contributed by atoms with E-state index in [-0.39, 0.29) is 4.90 Å². The van der Waals surface area contributed by atoms with Crippen molar-refractivity contribution in [2.24, 2.45) is 11.1 Å². The van der Waals surface area contributed by atoms with Gasteiger partial charge in [-0.2, -0.15) is 0 Å². The summed E-state index contributed by atoms with van der Waals surface area (Å²) in [4.78, 5) is 0.165. The molecule has 0 heterocycles. The Kier molecular flexibility index (Phi) is 5.31. The Morgan fingerprint density at radius 1 is 1.28 bits per heavy atom. The van der Waals surface area contributed by atoms with Gasteiger partial charge in [0.1, 0.15) is 0 Å². The Balaban J connectivity index is 2.64. The Labute approximate surface area is 110 Å². The van der Waals surface area contributed by atoms with Crippen LogP contribution >= 0.6 is 0 Å². The first-order chi connectivity index (χ1) is 8.29. The van der Waals surface area contributed by atoms with Crippen molar-refractivity contribution in [3.05, 3.63) is 29.8 Å². The van der Waals surface area contributed by atoms with E-state index >= 15 is 0 Å². The molecule has 0 aliphatic carbocycles. The van der Waals surface area contributed by atoms with E-state index < -0.39 is 10.0 Å². The van der Waals surface area contributed by atoms with Crippen molar-refractivity contribution in [2.75, 3.05) is 0 Å². The van der Waals surface area contributed by atoms with Gasteiger partial charge in [0.15, 0.2) is 0 Å². The van der Waals surface area contributed by atoms with Crippen LogP contribution in [0.2, 0.25) is 0 Å². The fourth-order valence-electron chi connectivity index (χ4n) is 1.91. The second-order valence-corrected chi connectivity index (χ2v) is 6.67. The molecule has 3 N–H and O–H groups in total. The van der Waals surface area contributed by atoms with Crippen molar-refractivity contribution in [3.8, 4) is 0 Å². The lowest BCUT2D eigenvalue weighted by Crippen LogP contribution is -2.27. The lowest BCUT2D eigenvalue weighted by atomic mass is 10.1. The van der Waals surface area contributed by atoms with Gasteiger partial charge >= 0.3 is 0 Å². The number of hydrogen-bond acceptors (Lipinski definition) is 3.